The predicted molar refractivity (Wildman–Crippen MR) is 79.6 cm³/mol. The minimum atomic E-state index is -0.542. The number of imidazole rings is 1. The van der Waals surface area contributed by atoms with Crippen molar-refractivity contribution >= 4 is 35.3 Å². The van der Waals surface area contributed by atoms with Crippen molar-refractivity contribution in [3.8, 4) is 0 Å². The van der Waals surface area contributed by atoms with E-state index in [1.807, 2.05) is 28.8 Å². The van der Waals surface area contributed by atoms with E-state index in [1.54, 1.807) is 6.92 Å². The number of para-hydroxylation sites is 2. The molecule has 0 bridgehead atoms. The zero-order valence-corrected chi connectivity index (χ0v) is 11.9. The minimum Gasteiger partial charge on any atom is -0.320 e. The van der Waals surface area contributed by atoms with Crippen LogP contribution >= 0.6 is 12.4 Å². The monoisotopic (exact) mass is 282 g/mol. The topological polar surface area (TPSA) is 72.9 Å². The number of amides is 1. The van der Waals surface area contributed by atoms with Gasteiger partial charge in [-0.3, -0.25) is 10.1 Å². The van der Waals surface area contributed by atoms with Gasteiger partial charge in [-0.25, -0.2) is 4.98 Å². The van der Waals surface area contributed by atoms with Crippen LogP contribution in [0.25, 0.3) is 11.0 Å². The van der Waals surface area contributed by atoms with Gasteiger partial charge in [-0.05, 0) is 25.5 Å². The SMILES string of the molecule is CCCn1c(NC(=O)[C@@H](C)N)nc2ccccc21.Cl. The number of anilines is 1. The molecule has 6 heteroatoms. The number of nitrogens with two attached hydrogens (primary N) is 1. The summed E-state index contributed by atoms with van der Waals surface area (Å²) in [6.07, 6.45) is 0.974. The molecule has 2 aromatic rings. The first-order valence-corrected chi connectivity index (χ1v) is 6.15. The molecule has 19 heavy (non-hydrogen) atoms. The van der Waals surface area contributed by atoms with Crippen molar-refractivity contribution in [2.45, 2.75) is 32.9 Å². The van der Waals surface area contributed by atoms with Crippen molar-refractivity contribution in [3.63, 3.8) is 0 Å². The molecule has 0 aliphatic carbocycles. The molecule has 0 fully saturated rings. The molecule has 104 valence electrons. The minimum absolute atomic E-state index is 0. The number of nitrogens with zero attached hydrogens (tertiary/aromatic N) is 2. The molecule has 1 aromatic carbocycles. The van der Waals surface area contributed by atoms with Gasteiger partial charge < -0.3 is 10.3 Å². The number of halogens is 1. The summed E-state index contributed by atoms with van der Waals surface area (Å²) in [6, 6.07) is 7.29. The smallest absolute Gasteiger partial charge is 0.243 e. The lowest BCUT2D eigenvalue weighted by Gasteiger charge is -2.10. The van der Waals surface area contributed by atoms with Crippen molar-refractivity contribution in [1.82, 2.24) is 9.55 Å². The second-order valence-electron chi connectivity index (χ2n) is 4.35. The van der Waals surface area contributed by atoms with Crippen molar-refractivity contribution in [2.75, 3.05) is 5.32 Å². The van der Waals surface area contributed by atoms with Crippen LogP contribution in [0.5, 0.6) is 0 Å². The highest BCUT2D eigenvalue weighted by molar-refractivity contribution is 5.94. The Bertz CT molecular complexity index is 565. The zero-order valence-electron chi connectivity index (χ0n) is 11.1. The number of carbonyl (C=O) groups excluding carboxylic acids is 1. The highest BCUT2D eigenvalue weighted by Gasteiger charge is 2.14. The average molecular weight is 283 g/mol. The first-order valence-electron chi connectivity index (χ1n) is 6.15. The summed E-state index contributed by atoms with van der Waals surface area (Å²) in [5, 5.41) is 2.77. The third-order valence-electron chi connectivity index (χ3n) is 2.75. The number of benzene rings is 1. The van der Waals surface area contributed by atoms with Gasteiger partial charge in [0.25, 0.3) is 0 Å². The van der Waals surface area contributed by atoms with Crippen LogP contribution in [0.1, 0.15) is 20.3 Å². The molecule has 5 nitrogen and oxygen atoms in total. The molecule has 0 saturated carbocycles. The van der Waals surface area contributed by atoms with Gasteiger partial charge in [-0.15, -0.1) is 12.4 Å². The molecule has 2 rings (SSSR count). The Morgan fingerprint density at radius 2 is 2.16 bits per heavy atom. The van der Waals surface area contributed by atoms with E-state index in [1.165, 1.54) is 0 Å². The summed E-state index contributed by atoms with van der Waals surface area (Å²) in [4.78, 5) is 16.1. The first kappa shape index (κ1) is 15.5. The molecule has 3 N–H and O–H groups in total. The van der Waals surface area contributed by atoms with E-state index in [0.29, 0.717) is 5.95 Å². The maximum Gasteiger partial charge on any atom is 0.243 e. The van der Waals surface area contributed by atoms with Crippen LogP contribution in [0.3, 0.4) is 0 Å². The Hall–Kier alpha value is -1.59. The number of carbonyl (C=O) groups is 1. The maximum atomic E-state index is 11.7. The van der Waals surface area contributed by atoms with Crippen molar-refractivity contribution in [1.29, 1.82) is 0 Å². The number of aryl methyl sites for hydroxylation is 1. The molecule has 1 heterocycles. The highest BCUT2D eigenvalue weighted by atomic mass is 35.5. The van der Waals surface area contributed by atoms with Crippen molar-refractivity contribution in [2.24, 2.45) is 5.73 Å². The summed E-state index contributed by atoms with van der Waals surface area (Å²) in [6.45, 7) is 4.56. The van der Waals surface area contributed by atoms with Crippen molar-refractivity contribution < 1.29 is 4.79 Å². The first-order chi connectivity index (χ1) is 8.63. The predicted octanol–water partition coefficient (Wildman–Crippen LogP) is 2.15. The Morgan fingerprint density at radius 3 is 2.79 bits per heavy atom. The summed E-state index contributed by atoms with van der Waals surface area (Å²) in [7, 11) is 0. The summed E-state index contributed by atoms with van der Waals surface area (Å²) in [5.74, 6) is 0.350. The Labute approximate surface area is 118 Å². The molecule has 0 aliphatic rings. The van der Waals surface area contributed by atoms with Gasteiger partial charge >= 0.3 is 0 Å². The maximum absolute atomic E-state index is 11.7. The number of rotatable bonds is 4. The van der Waals surface area contributed by atoms with Gasteiger partial charge in [0.2, 0.25) is 11.9 Å². The Kier molecular flexibility index (Phi) is 5.32. The van der Waals surface area contributed by atoms with Crippen LogP contribution in [0.2, 0.25) is 0 Å². The number of fused-ring (bicyclic) bond motifs is 1. The lowest BCUT2D eigenvalue weighted by atomic mass is 10.3. The van der Waals surface area contributed by atoms with Crippen LogP contribution < -0.4 is 11.1 Å². The van der Waals surface area contributed by atoms with E-state index >= 15 is 0 Å². The van der Waals surface area contributed by atoms with E-state index in [0.717, 1.165) is 24.0 Å². The van der Waals surface area contributed by atoms with Gasteiger partial charge in [0, 0.05) is 6.54 Å². The number of hydrogen-bond donors (Lipinski definition) is 2. The van der Waals surface area contributed by atoms with Gasteiger partial charge in [0.1, 0.15) is 0 Å². The molecular weight excluding hydrogens is 264 g/mol. The fourth-order valence-corrected chi connectivity index (χ4v) is 1.84. The molecule has 0 radical (unpaired) electrons. The van der Waals surface area contributed by atoms with E-state index in [-0.39, 0.29) is 18.3 Å². The van der Waals surface area contributed by atoms with E-state index in [9.17, 15) is 4.79 Å². The lowest BCUT2D eigenvalue weighted by Crippen LogP contribution is -2.33. The average Bonchev–Trinajstić information content (AvgIpc) is 2.68. The van der Waals surface area contributed by atoms with Gasteiger partial charge in [0.05, 0.1) is 17.1 Å². The number of nitrogens with one attached hydrogen (secondary N) is 1. The highest BCUT2D eigenvalue weighted by Crippen LogP contribution is 2.19. The molecule has 0 spiro atoms. The molecule has 1 amide bonds. The molecular formula is C13H19ClN4O. The largest absolute Gasteiger partial charge is 0.320 e. The lowest BCUT2D eigenvalue weighted by molar-refractivity contribution is -0.117. The Morgan fingerprint density at radius 1 is 1.47 bits per heavy atom. The van der Waals surface area contributed by atoms with E-state index in [2.05, 4.69) is 17.2 Å². The number of aromatic nitrogens is 2. The van der Waals surface area contributed by atoms with Crippen LogP contribution in [0.15, 0.2) is 24.3 Å². The van der Waals surface area contributed by atoms with Gasteiger partial charge in [-0.1, -0.05) is 19.1 Å². The summed E-state index contributed by atoms with van der Waals surface area (Å²) in [5.41, 5.74) is 7.46. The van der Waals surface area contributed by atoms with Crippen molar-refractivity contribution in [3.05, 3.63) is 24.3 Å². The Balaban J connectivity index is 0.00000180. The third kappa shape index (κ3) is 3.24. The molecule has 1 aromatic heterocycles. The van der Waals surface area contributed by atoms with E-state index in [4.69, 9.17) is 5.73 Å². The van der Waals surface area contributed by atoms with Crippen LogP contribution in [0, 0.1) is 0 Å². The molecule has 0 saturated heterocycles. The van der Waals surface area contributed by atoms with Gasteiger partial charge in [0.15, 0.2) is 0 Å². The second-order valence-corrected chi connectivity index (χ2v) is 4.35. The second kappa shape index (κ2) is 6.54. The summed E-state index contributed by atoms with van der Waals surface area (Å²) >= 11 is 0. The molecule has 1 atom stereocenters. The zero-order chi connectivity index (χ0) is 13.1. The summed E-state index contributed by atoms with van der Waals surface area (Å²) < 4.78 is 2.01. The van der Waals surface area contributed by atoms with Crippen LogP contribution in [-0.2, 0) is 11.3 Å². The fraction of sp³-hybridized carbons (Fsp3) is 0.385. The molecule has 0 unspecified atom stereocenters. The van der Waals surface area contributed by atoms with Gasteiger partial charge in [-0.2, -0.15) is 0 Å². The normalized spacial score (nSPS) is 11.9. The van der Waals surface area contributed by atoms with Crippen LogP contribution in [0.4, 0.5) is 5.95 Å². The fourth-order valence-electron chi connectivity index (χ4n) is 1.84. The number of hydrogen-bond acceptors (Lipinski definition) is 3. The van der Waals surface area contributed by atoms with Crippen LogP contribution in [-0.4, -0.2) is 21.5 Å². The standard InChI is InChI=1S/C13H18N4O.ClH/c1-3-8-17-11-7-5-4-6-10(11)15-13(17)16-12(18)9(2)14;/h4-7,9H,3,8,14H2,1-2H3,(H,15,16,18);1H/t9-;/m1./s1. The quantitative estimate of drug-likeness (QED) is 0.902. The van der Waals surface area contributed by atoms with E-state index < -0.39 is 6.04 Å². The third-order valence-corrected chi connectivity index (χ3v) is 2.75. The molecule has 0 aliphatic heterocycles.